The van der Waals surface area contributed by atoms with E-state index in [1.54, 1.807) is 0 Å². The van der Waals surface area contributed by atoms with E-state index in [0.29, 0.717) is 0 Å². The predicted molar refractivity (Wildman–Crippen MR) is 58.7 cm³/mol. The fourth-order valence-corrected chi connectivity index (χ4v) is 1.44. The predicted octanol–water partition coefficient (Wildman–Crippen LogP) is 3.47. The normalized spacial score (nSPS) is 15.3. The molecule has 1 aliphatic carbocycles. The smallest absolute Gasteiger partial charge is 0.0570 e. The Bertz CT molecular complexity index is 222. The molecule has 0 saturated heterocycles. The summed E-state index contributed by atoms with van der Waals surface area (Å²) in [6, 6.07) is 12.0. The van der Waals surface area contributed by atoms with Crippen LogP contribution in [0.25, 0.3) is 0 Å². The minimum absolute atomic E-state index is 0.983. The van der Waals surface area contributed by atoms with Crippen LogP contribution in [0.15, 0.2) is 41.6 Å². The number of rotatable bonds is 0. The molecule has 0 aromatic heterocycles. The Morgan fingerprint density at radius 1 is 0.786 bits per heavy atom. The fourth-order valence-electron chi connectivity index (χ4n) is 1.44. The first kappa shape index (κ1) is 10.8. The third kappa shape index (κ3) is 4.65. The Hall–Kier alpha value is -1.31. The number of oxime groups is 1. The second-order valence-electron chi connectivity index (χ2n) is 3.38. The monoisotopic (exact) mass is 191 g/mol. The first-order valence-corrected chi connectivity index (χ1v) is 5.13. The zero-order valence-electron chi connectivity index (χ0n) is 8.39. The molecule has 0 spiro atoms. The van der Waals surface area contributed by atoms with Crippen LogP contribution in [-0.4, -0.2) is 10.9 Å². The molecule has 2 heteroatoms. The highest BCUT2D eigenvalue weighted by Crippen LogP contribution is 2.13. The zero-order valence-corrected chi connectivity index (χ0v) is 8.39. The van der Waals surface area contributed by atoms with Gasteiger partial charge < -0.3 is 5.21 Å². The minimum Gasteiger partial charge on any atom is -0.411 e. The van der Waals surface area contributed by atoms with Crippen molar-refractivity contribution in [3.8, 4) is 0 Å². The maximum absolute atomic E-state index is 8.28. The summed E-state index contributed by atoms with van der Waals surface area (Å²) in [7, 11) is 0. The van der Waals surface area contributed by atoms with Crippen molar-refractivity contribution in [3.05, 3.63) is 36.4 Å². The molecule has 1 aromatic carbocycles. The minimum atomic E-state index is 0.983. The van der Waals surface area contributed by atoms with Crippen LogP contribution in [0.1, 0.15) is 32.1 Å². The van der Waals surface area contributed by atoms with Crippen molar-refractivity contribution in [3.63, 3.8) is 0 Å². The van der Waals surface area contributed by atoms with E-state index in [2.05, 4.69) is 5.16 Å². The lowest BCUT2D eigenvalue weighted by Crippen LogP contribution is -2.03. The molecule has 0 aliphatic heterocycles. The first-order valence-electron chi connectivity index (χ1n) is 5.13. The van der Waals surface area contributed by atoms with E-state index in [1.165, 1.54) is 19.3 Å². The van der Waals surface area contributed by atoms with Gasteiger partial charge in [0.25, 0.3) is 0 Å². The Balaban J connectivity index is 0.000000146. The summed E-state index contributed by atoms with van der Waals surface area (Å²) in [4.78, 5) is 0. The van der Waals surface area contributed by atoms with Gasteiger partial charge in [-0.2, -0.15) is 0 Å². The van der Waals surface area contributed by atoms with Crippen LogP contribution in [0.3, 0.4) is 0 Å². The maximum atomic E-state index is 8.28. The van der Waals surface area contributed by atoms with E-state index >= 15 is 0 Å². The van der Waals surface area contributed by atoms with Gasteiger partial charge in [-0.15, -0.1) is 0 Å². The Morgan fingerprint density at radius 2 is 1.21 bits per heavy atom. The molecule has 0 atom stereocenters. The molecule has 1 saturated carbocycles. The molecule has 0 radical (unpaired) electrons. The number of hydrogen-bond donors (Lipinski definition) is 1. The lowest BCUT2D eigenvalue weighted by atomic mass is 9.99. The van der Waals surface area contributed by atoms with E-state index in [0.717, 1.165) is 18.6 Å². The highest BCUT2D eigenvalue weighted by molar-refractivity contribution is 5.84. The van der Waals surface area contributed by atoms with E-state index in [4.69, 9.17) is 5.21 Å². The Labute approximate surface area is 85.3 Å². The summed E-state index contributed by atoms with van der Waals surface area (Å²) in [5, 5.41) is 11.4. The Kier molecular flexibility index (Phi) is 5.48. The van der Waals surface area contributed by atoms with Crippen molar-refractivity contribution < 1.29 is 5.21 Å². The zero-order chi connectivity index (χ0) is 10.1. The van der Waals surface area contributed by atoms with E-state index < -0.39 is 0 Å². The lowest BCUT2D eigenvalue weighted by molar-refractivity contribution is 0.314. The molecule has 1 N–H and O–H groups in total. The van der Waals surface area contributed by atoms with Crippen molar-refractivity contribution >= 4 is 5.71 Å². The average Bonchev–Trinajstić information content (AvgIpc) is 2.33. The van der Waals surface area contributed by atoms with Crippen LogP contribution in [0.5, 0.6) is 0 Å². The van der Waals surface area contributed by atoms with E-state index in [9.17, 15) is 0 Å². The molecule has 0 heterocycles. The van der Waals surface area contributed by atoms with Crippen molar-refractivity contribution in [1.82, 2.24) is 0 Å². The van der Waals surface area contributed by atoms with Gasteiger partial charge >= 0.3 is 0 Å². The fraction of sp³-hybridized carbons (Fsp3) is 0.417. The van der Waals surface area contributed by atoms with Crippen LogP contribution in [0, 0.1) is 0 Å². The molecule has 1 aliphatic rings. The summed E-state index contributed by atoms with van der Waals surface area (Å²) < 4.78 is 0. The molecule has 2 nitrogen and oxygen atoms in total. The molecular formula is C12H17NO. The molecule has 2 rings (SSSR count). The largest absolute Gasteiger partial charge is 0.411 e. The van der Waals surface area contributed by atoms with Gasteiger partial charge in [-0.3, -0.25) is 0 Å². The summed E-state index contributed by atoms with van der Waals surface area (Å²) in [5.41, 5.74) is 0.983. The maximum Gasteiger partial charge on any atom is 0.0570 e. The number of nitrogens with zero attached hydrogens (tertiary/aromatic N) is 1. The third-order valence-electron chi connectivity index (χ3n) is 2.24. The molecule has 14 heavy (non-hydrogen) atoms. The van der Waals surface area contributed by atoms with Crippen molar-refractivity contribution in [1.29, 1.82) is 0 Å². The number of hydrogen-bond acceptors (Lipinski definition) is 2. The van der Waals surface area contributed by atoms with Gasteiger partial charge in [-0.25, -0.2) is 0 Å². The molecule has 0 unspecified atom stereocenters. The van der Waals surface area contributed by atoms with Crippen molar-refractivity contribution in [2.24, 2.45) is 5.16 Å². The van der Waals surface area contributed by atoms with Gasteiger partial charge in [-0.1, -0.05) is 48.0 Å². The number of benzene rings is 1. The second kappa shape index (κ2) is 7.13. The lowest BCUT2D eigenvalue weighted by Gasteiger charge is -2.08. The quantitative estimate of drug-likeness (QED) is 0.494. The van der Waals surface area contributed by atoms with E-state index in [1.807, 2.05) is 36.4 Å². The van der Waals surface area contributed by atoms with Gasteiger partial charge in [0.05, 0.1) is 5.71 Å². The molecule has 1 aromatic rings. The average molecular weight is 191 g/mol. The third-order valence-corrected chi connectivity index (χ3v) is 2.24. The van der Waals surface area contributed by atoms with Gasteiger partial charge in [0.15, 0.2) is 0 Å². The molecule has 0 bridgehead atoms. The molecule has 1 fully saturated rings. The van der Waals surface area contributed by atoms with Gasteiger partial charge in [0.2, 0.25) is 0 Å². The molecule has 76 valence electrons. The van der Waals surface area contributed by atoms with Crippen LogP contribution in [0.2, 0.25) is 0 Å². The molecule has 0 amide bonds. The van der Waals surface area contributed by atoms with Gasteiger partial charge in [0, 0.05) is 0 Å². The van der Waals surface area contributed by atoms with E-state index in [-0.39, 0.29) is 0 Å². The van der Waals surface area contributed by atoms with Gasteiger partial charge in [0.1, 0.15) is 0 Å². The highest BCUT2D eigenvalue weighted by atomic mass is 16.4. The second-order valence-corrected chi connectivity index (χ2v) is 3.38. The topological polar surface area (TPSA) is 32.6 Å². The summed E-state index contributed by atoms with van der Waals surface area (Å²) in [5.74, 6) is 0. The van der Waals surface area contributed by atoms with Crippen LogP contribution in [-0.2, 0) is 0 Å². The standard InChI is InChI=1S/C6H11NO.C6H6/c8-7-6-4-2-1-3-5-6;1-2-4-6-5-3-1/h8H,1-5H2;1-6H. The summed E-state index contributed by atoms with van der Waals surface area (Å²) >= 11 is 0. The first-order chi connectivity index (χ1) is 6.93. The van der Waals surface area contributed by atoms with Gasteiger partial charge in [-0.05, 0) is 25.7 Å². The van der Waals surface area contributed by atoms with Crippen LogP contribution >= 0.6 is 0 Å². The van der Waals surface area contributed by atoms with Crippen molar-refractivity contribution in [2.75, 3.05) is 0 Å². The SMILES string of the molecule is ON=C1CCCCC1.c1ccccc1. The summed E-state index contributed by atoms with van der Waals surface area (Å²) in [6.45, 7) is 0. The highest BCUT2D eigenvalue weighted by Gasteiger charge is 2.05. The van der Waals surface area contributed by atoms with Crippen LogP contribution < -0.4 is 0 Å². The Morgan fingerprint density at radius 3 is 1.50 bits per heavy atom. The van der Waals surface area contributed by atoms with Crippen LogP contribution in [0.4, 0.5) is 0 Å². The van der Waals surface area contributed by atoms with Crippen molar-refractivity contribution in [2.45, 2.75) is 32.1 Å². The molecular weight excluding hydrogens is 174 g/mol. The summed E-state index contributed by atoms with van der Waals surface area (Å²) in [6.07, 6.45) is 5.74.